The molecule has 0 unspecified atom stereocenters. The molecule has 1 aromatic carbocycles. The SMILES string of the molecule is Cc1nn([C@H]2CCS(=O)(=O)C2)c(C)c1CN(C)C(=O)C[C@@H]1Sc2ccc(Cl)cc2NC1=O. The molecule has 2 aliphatic rings. The number of sulfone groups is 1. The van der Waals surface area contributed by atoms with Crippen molar-refractivity contribution in [3.8, 4) is 0 Å². The highest BCUT2D eigenvalue weighted by atomic mass is 35.5. The minimum absolute atomic E-state index is 0.0716. The summed E-state index contributed by atoms with van der Waals surface area (Å²) in [5, 5.41) is 7.41. The number of fused-ring (bicyclic) bond motifs is 1. The van der Waals surface area contributed by atoms with Gasteiger partial charge in [-0.05, 0) is 38.5 Å². The maximum atomic E-state index is 12.9. The van der Waals surface area contributed by atoms with Gasteiger partial charge in [0.05, 0.1) is 34.2 Å². The Balaban J connectivity index is 1.43. The van der Waals surface area contributed by atoms with Crippen molar-refractivity contribution in [2.24, 2.45) is 0 Å². The van der Waals surface area contributed by atoms with E-state index in [1.165, 1.54) is 11.8 Å². The van der Waals surface area contributed by atoms with Gasteiger partial charge in [-0.1, -0.05) is 11.6 Å². The number of rotatable bonds is 5. The number of aryl methyl sites for hydroxylation is 1. The first-order valence-electron chi connectivity index (χ1n) is 10.3. The number of carbonyl (C=O) groups excluding carboxylic acids is 2. The predicted octanol–water partition coefficient (Wildman–Crippen LogP) is 2.97. The van der Waals surface area contributed by atoms with Crippen LogP contribution in [0.4, 0.5) is 5.69 Å². The lowest BCUT2D eigenvalue weighted by atomic mass is 10.1. The number of amides is 2. The summed E-state index contributed by atoms with van der Waals surface area (Å²) in [6, 6.07) is 5.14. The van der Waals surface area contributed by atoms with Crippen LogP contribution in [0.3, 0.4) is 0 Å². The van der Waals surface area contributed by atoms with Crippen LogP contribution in [0.5, 0.6) is 0 Å². The quantitative estimate of drug-likeness (QED) is 0.682. The molecular formula is C21H25ClN4O4S2. The fourth-order valence-corrected chi connectivity index (χ4v) is 7.09. The van der Waals surface area contributed by atoms with E-state index >= 15 is 0 Å². The molecule has 3 heterocycles. The van der Waals surface area contributed by atoms with Crippen LogP contribution >= 0.6 is 23.4 Å². The van der Waals surface area contributed by atoms with E-state index in [2.05, 4.69) is 10.4 Å². The van der Waals surface area contributed by atoms with Crippen molar-refractivity contribution in [3.63, 3.8) is 0 Å². The number of carbonyl (C=O) groups is 2. The van der Waals surface area contributed by atoms with E-state index < -0.39 is 15.1 Å². The van der Waals surface area contributed by atoms with E-state index in [4.69, 9.17) is 11.6 Å². The zero-order valence-corrected chi connectivity index (χ0v) is 20.5. The molecule has 4 rings (SSSR count). The minimum atomic E-state index is -3.02. The van der Waals surface area contributed by atoms with Gasteiger partial charge in [-0.25, -0.2) is 8.42 Å². The van der Waals surface area contributed by atoms with E-state index in [9.17, 15) is 18.0 Å². The van der Waals surface area contributed by atoms with Gasteiger partial charge in [0.1, 0.15) is 0 Å². The third-order valence-electron chi connectivity index (χ3n) is 5.97. The predicted molar refractivity (Wildman–Crippen MR) is 125 cm³/mol. The number of nitrogens with zero attached hydrogens (tertiary/aromatic N) is 3. The van der Waals surface area contributed by atoms with Crippen molar-refractivity contribution in [2.45, 2.75) is 49.4 Å². The van der Waals surface area contributed by atoms with E-state index in [1.54, 1.807) is 28.8 Å². The molecule has 0 bridgehead atoms. The zero-order valence-electron chi connectivity index (χ0n) is 18.1. The van der Waals surface area contributed by atoms with Gasteiger partial charge in [0.15, 0.2) is 9.84 Å². The van der Waals surface area contributed by atoms with Crippen molar-refractivity contribution in [3.05, 3.63) is 40.2 Å². The molecule has 1 N–H and O–H groups in total. The number of halogens is 1. The molecule has 0 spiro atoms. The molecule has 1 saturated heterocycles. The van der Waals surface area contributed by atoms with Crippen LogP contribution in [0, 0.1) is 13.8 Å². The normalized spacial score (nSPS) is 21.8. The monoisotopic (exact) mass is 496 g/mol. The van der Waals surface area contributed by atoms with Crippen LogP contribution in [-0.2, 0) is 26.0 Å². The van der Waals surface area contributed by atoms with E-state index in [1.807, 2.05) is 19.9 Å². The summed E-state index contributed by atoms with van der Waals surface area (Å²) in [6.07, 6.45) is 0.626. The highest BCUT2D eigenvalue weighted by Crippen LogP contribution is 2.38. The average Bonchev–Trinajstić information content (AvgIpc) is 3.21. The first kappa shape index (κ1) is 23.1. The van der Waals surface area contributed by atoms with E-state index in [0.29, 0.717) is 23.7 Å². The number of anilines is 1. The summed E-state index contributed by atoms with van der Waals surface area (Å²) in [7, 11) is -1.31. The third kappa shape index (κ3) is 4.67. The summed E-state index contributed by atoms with van der Waals surface area (Å²) in [4.78, 5) is 27.9. The Morgan fingerprint density at radius 3 is 2.81 bits per heavy atom. The second-order valence-corrected chi connectivity index (χ2v) is 12.3. The highest BCUT2D eigenvalue weighted by Gasteiger charge is 2.33. The van der Waals surface area contributed by atoms with Gasteiger partial charge in [0, 0.05) is 41.2 Å². The third-order valence-corrected chi connectivity index (χ3v) is 9.23. The van der Waals surface area contributed by atoms with Gasteiger partial charge >= 0.3 is 0 Å². The topological polar surface area (TPSA) is 101 Å². The number of hydrogen-bond donors (Lipinski definition) is 1. The van der Waals surface area contributed by atoms with Crippen molar-refractivity contribution < 1.29 is 18.0 Å². The van der Waals surface area contributed by atoms with Crippen LogP contribution in [-0.4, -0.2) is 58.7 Å². The number of nitrogens with one attached hydrogen (secondary N) is 1. The summed E-state index contributed by atoms with van der Waals surface area (Å²) >= 11 is 7.35. The second kappa shape index (κ2) is 8.72. The zero-order chi connectivity index (χ0) is 23.2. The smallest absolute Gasteiger partial charge is 0.238 e. The second-order valence-electron chi connectivity index (χ2n) is 8.34. The number of thioether (sulfide) groups is 1. The number of hydrogen-bond acceptors (Lipinski definition) is 6. The molecule has 172 valence electrons. The van der Waals surface area contributed by atoms with Crippen LogP contribution in [0.1, 0.15) is 35.8 Å². The first-order chi connectivity index (χ1) is 15.0. The molecule has 2 aromatic rings. The summed E-state index contributed by atoms with van der Waals surface area (Å²) < 4.78 is 25.5. The summed E-state index contributed by atoms with van der Waals surface area (Å²) in [5.41, 5.74) is 3.23. The molecule has 0 aliphatic carbocycles. The fourth-order valence-electron chi connectivity index (χ4n) is 4.15. The molecule has 0 saturated carbocycles. The van der Waals surface area contributed by atoms with Gasteiger partial charge in [0.25, 0.3) is 0 Å². The molecule has 2 aliphatic heterocycles. The van der Waals surface area contributed by atoms with Gasteiger partial charge in [-0.2, -0.15) is 5.10 Å². The Bertz CT molecular complexity index is 1190. The lowest BCUT2D eigenvalue weighted by Crippen LogP contribution is -2.35. The molecule has 2 atom stereocenters. The molecule has 11 heteroatoms. The summed E-state index contributed by atoms with van der Waals surface area (Å²) in [5.74, 6) is -0.0800. The van der Waals surface area contributed by atoms with Crippen LogP contribution in [0.2, 0.25) is 5.02 Å². The lowest BCUT2D eigenvalue weighted by molar-refractivity contribution is -0.131. The van der Waals surface area contributed by atoms with Crippen molar-refractivity contribution >= 4 is 50.7 Å². The van der Waals surface area contributed by atoms with Gasteiger partial charge < -0.3 is 10.2 Å². The number of benzene rings is 1. The standard InChI is InChI=1S/C21H25ClN4O4S2/c1-12-16(13(2)26(24-12)15-6-7-32(29,30)11-15)10-25(3)20(27)9-19-21(28)23-17-8-14(22)4-5-18(17)31-19/h4-5,8,15,19H,6-7,9-11H2,1-3H3,(H,23,28)/t15-,19-/m0/s1. The molecule has 32 heavy (non-hydrogen) atoms. The first-order valence-corrected chi connectivity index (χ1v) is 13.4. The Hall–Kier alpha value is -2.04. The summed E-state index contributed by atoms with van der Waals surface area (Å²) in [6.45, 7) is 4.12. The minimum Gasteiger partial charge on any atom is -0.341 e. The van der Waals surface area contributed by atoms with Crippen molar-refractivity contribution in [1.82, 2.24) is 14.7 Å². The van der Waals surface area contributed by atoms with Crippen molar-refractivity contribution in [2.75, 3.05) is 23.9 Å². The van der Waals surface area contributed by atoms with Gasteiger partial charge in [-0.3, -0.25) is 14.3 Å². The fraction of sp³-hybridized carbons (Fsp3) is 0.476. The Labute approximate surface area is 196 Å². The Morgan fingerprint density at radius 1 is 1.38 bits per heavy atom. The van der Waals surface area contributed by atoms with E-state index in [0.717, 1.165) is 21.8 Å². The maximum absolute atomic E-state index is 12.9. The molecule has 8 nitrogen and oxygen atoms in total. The van der Waals surface area contributed by atoms with Crippen LogP contribution in [0.25, 0.3) is 0 Å². The average molecular weight is 497 g/mol. The lowest BCUT2D eigenvalue weighted by Gasteiger charge is -2.26. The van der Waals surface area contributed by atoms with Crippen LogP contribution in [0.15, 0.2) is 23.1 Å². The van der Waals surface area contributed by atoms with Crippen molar-refractivity contribution in [1.29, 1.82) is 0 Å². The molecule has 1 aromatic heterocycles. The van der Waals surface area contributed by atoms with Gasteiger partial charge in [-0.15, -0.1) is 11.8 Å². The van der Waals surface area contributed by atoms with E-state index in [-0.39, 0.29) is 35.8 Å². The largest absolute Gasteiger partial charge is 0.341 e. The maximum Gasteiger partial charge on any atom is 0.238 e. The molecule has 1 fully saturated rings. The molecular weight excluding hydrogens is 472 g/mol. The highest BCUT2D eigenvalue weighted by molar-refractivity contribution is 8.01. The van der Waals surface area contributed by atoms with Crippen LogP contribution < -0.4 is 5.32 Å². The Kier molecular flexibility index (Phi) is 6.30. The number of aromatic nitrogens is 2. The molecule has 2 amide bonds. The van der Waals surface area contributed by atoms with Gasteiger partial charge in [0.2, 0.25) is 11.8 Å². The Morgan fingerprint density at radius 2 is 2.12 bits per heavy atom. The molecule has 0 radical (unpaired) electrons.